The van der Waals surface area contributed by atoms with E-state index in [0.717, 1.165) is 32.1 Å². The number of aliphatic hydroxyl groups is 1. The number of hydrogen-bond donors (Lipinski definition) is 3. The van der Waals surface area contributed by atoms with E-state index in [-0.39, 0.29) is 6.04 Å². The normalized spacial score (nSPS) is 17.2. The maximum Gasteiger partial charge on any atom is 0.340 e. The Morgan fingerprint density at radius 1 is 1.12 bits per heavy atom. The minimum absolute atomic E-state index is 0.0688. The third-order valence-electron chi connectivity index (χ3n) is 4.18. The summed E-state index contributed by atoms with van der Waals surface area (Å²) in [6, 6.07) is 7.74. The molecular formula is C18H24N2O5. The highest BCUT2D eigenvalue weighted by Crippen LogP contribution is 2.17. The molecule has 0 aromatic heterocycles. The summed E-state index contributed by atoms with van der Waals surface area (Å²) < 4.78 is 4.94. The number of benzene rings is 1. The molecule has 0 heterocycles. The number of esters is 1. The second-order valence-corrected chi connectivity index (χ2v) is 6.19. The average Bonchev–Trinajstić information content (AvgIpc) is 2.62. The molecule has 1 aliphatic rings. The van der Waals surface area contributed by atoms with Crippen molar-refractivity contribution < 1.29 is 24.2 Å². The molecule has 7 nitrogen and oxygen atoms in total. The van der Waals surface area contributed by atoms with Crippen LogP contribution in [0.3, 0.4) is 0 Å². The predicted molar refractivity (Wildman–Crippen MR) is 90.5 cm³/mol. The van der Waals surface area contributed by atoms with E-state index in [4.69, 9.17) is 4.74 Å². The van der Waals surface area contributed by atoms with Crippen LogP contribution in [0.1, 0.15) is 50.7 Å². The lowest BCUT2D eigenvalue weighted by Crippen LogP contribution is -2.48. The van der Waals surface area contributed by atoms with Crippen molar-refractivity contribution in [2.24, 2.45) is 0 Å². The molecule has 136 valence electrons. The SMILES string of the molecule is C[C@@H](OC(=O)[C@H](O)c1ccccc1)C(=O)NC(=O)NC1CCCCC1. The van der Waals surface area contributed by atoms with Crippen molar-refractivity contribution in [3.63, 3.8) is 0 Å². The van der Waals surface area contributed by atoms with Crippen molar-refractivity contribution in [3.8, 4) is 0 Å². The monoisotopic (exact) mass is 348 g/mol. The lowest BCUT2D eigenvalue weighted by molar-refractivity contribution is -0.163. The number of rotatable bonds is 5. The van der Waals surface area contributed by atoms with Gasteiger partial charge in [0.25, 0.3) is 5.91 Å². The quantitative estimate of drug-likeness (QED) is 0.704. The molecular weight excluding hydrogens is 324 g/mol. The first-order valence-electron chi connectivity index (χ1n) is 8.52. The largest absolute Gasteiger partial charge is 0.450 e. The van der Waals surface area contributed by atoms with Gasteiger partial charge in [-0.3, -0.25) is 10.1 Å². The van der Waals surface area contributed by atoms with Gasteiger partial charge in [0.2, 0.25) is 0 Å². The molecule has 0 spiro atoms. The van der Waals surface area contributed by atoms with E-state index in [9.17, 15) is 19.5 Å². The Hall–Kier alpha value is -2.41. The van der Waals surface area contributed by atoms with Gasteiger partial charge < -0.3 is 15.2 Å². The number of ether oxygens (including phenoxy) is 1. The Labute approximate surface area is 146 Å². The summed E-state index contributed by atoms with van der Waals surface area (Å²) in [4.78, 5) is 35.7. The van der Waals surface area contributed by atoms with Gasteiger partial charge in [0.05, 0.1) is 0 Å². The van der Waals surface area contributed by atoms with Gasteiger partial charge in [0.1, 0.15) is 0 Å². The second-order valence-electron chi connectivity index (χ2n) is 6.19. The van der Waals surface area contributed by atoms with Crippen LogP contribution in [0.2, 0.25) is 0 Å². The highest BCUT2D eigenvalue weighted by atomic mass is 16.6. The summed E-state index contributed by atoms with van der Waals surface area (Å²) >= 11 is 0. The number of hydrogen-bond acceptors (Lipinski definition) is 5. The van der Waals surface area contributed by atoms with Crippen molar-refractivity contribution in [3.05, 3.63) is 35.9 Å². The van der Waals surface area contributed by atoms with E-state index in [0.29, 0.717) is 5.56 Å². The zero-order valence-electron chi connectivity index (χ0n) is 14.2. The number of carbonyl (C=O) groups is 3. The first-order chi connectivity index (χ1) is 12.0. The highest BCUT2D eigenvalue weighted by molar-refractivity contribution is 5.97. The standard InChI is InChI=1S/C18H24N2O5/c1-12(25-17(23)15(21)13-8-4-2-5-9-13)16(22)20-18(24)19-14-10-6-3-7-11-14/h2,4-5,8-9,12,14-15,21H,3,6-7,10-11H2,1H3,(H2,19,20,22,24)/t12-,15-/m1/s1. The van der Waals surface area contributed by atoms with Crippen LogP contribution in [0.5, 0.6) is 0 Å². The van der Waals surface area contributed by atoms with Gasteiger partial charge in [0.15, 0.2) is 12.2 Å². The molecule has 0 unspecified atom stereocenters. The van der Waals surface area contributed by atoms with E-state index in [1.54, 1.807) is 30.3 Å². The average molecular weight is 348 g/mol. The predicted octanol–water partition coefficient (Wildman–Crippen LogP) is 1.81. The van der Waals surface area contributed by atoms with E-state index >= 15 is 0 Å². The molecule has 25 heavy (non-hydrogen) atoms. The lowest BCUT2D eigenvalue weighted by Gasteiger charge is -2.23. The number of imide groups is 1. The van der Waals surface area contributed by atoms with Gasteiger partial charge in [0, 0.05) is 6.04 Å². The molecule has 1 saturated carbocycles. The van der Waals surface area contributed by atoms with Crippen molar-refractivity contribution in [2.45, 2.75) is 57.3 Å². The molecule has 0 radical (unpaired) electrons. The zero-order valence-corrected chi connectivity index (χ0v) is 14.2. The fourth-order valence-corrected chi connectivity index (χ4v) is 2.75. The first kappa shape index (κ1) is 18.9. The zero-order chi connectivity index (χ0) is 18.2. The molecule has 1 aromatic carbocycles. The molecule has 3 amide bonds. The van der Waals surface area contributed by atoms with Crippen LogP contribution >= 0.6 is 0 Å². The Balaban J connectivity index is 1.78. The van der Waals surface area contributed by atoms with E-state index < -0.39 is 30.1 Å². The molecule has 1 aromatic rings. The third-order valence-corrected chi connectivity index (χ3v) is 4.18. The van der Waals surface area contributed by atoms with Crippen molar-refractivity contribution >= 4 is 17.9 Å². The Morgan fingerprint density at radius 3 is 2.40 bits per heavy atom. The van der Waals surface area contributed by atoms with E-state index in [1.807, 2.05) is 0 Å². The lowest BCUT2D eigenvalue weighted by atomic mass is 9.96. The molecule has 1 aliphatic carbocycles. The molecule has 1 fully saturated rings. The molecule has 2 atom stereocenters. The Morgan fingerprint density at radius 2 is 1.76 bits per heavy atom. The van der Waals surface area contributed by atoms with Crippen molar-refractivity contribution in [2.75, 3.05) is 0 Å². The van der Waals surface area contributed by atoms with Gasteiger partial charge >= 0.3 is 12.0 Å². The van der Waals surface area contributed by atoms with Crippen LogP contribution in [0.25, 0.3) is 0 Å². The number of amides is 3. The van der Waals surface area contributed by atoms with Crippen molar-refractivity contribution in [1.29, 1.82) is 0 Å². The van der Waals surface area contributed by atoms with Crippen LogP contribution in [0.4, 0.5) is 4.79 Å². The summed E-state index contributed by atoms with van der Waals surface area (Å²) in [7, 11) is 0. The van der Waals surface area contributed by atoms with Gasteiger partial charge in [-0.15, -0.1) is 0 Å². The summed E-state index contributed by atoms with van der Waals surface area (Å²) in [5, 5.41) is 14.8. The molecule has 0 bridgehead atoms. The fourth-order valence-electron chi connectivity index (χ4n) is 2.75. The van der Waals surface area contributed by atoms with Gasteiger partial charge in [-0.1, -0.05) is 49.6 Å². The maximum absolute atomic E-state index is 12.0. The minimum Gasteiger partial charge on any atom is -0.450 e. The fraction of sp³-hybridized carbons (Fsp3) is 0.500. The summed E-state index contributed by atoms with van der Waals surface area (Å²) in [5.74, 6) is -1.68. The minimum atomic E-state index is -1.48. The molecule has 3 N–H and O–H groups in total. The number of carbonyl (C=O) groups excluding carboxylic acids is 3. The number of aliphatic hydroxyl groups excluding tert-OH is 1. The van der Waals surface area contributed by atoms with Crippen LogP contribution in [0, 0.1) is 0 Å². The topological polar surface area (TPSA) is 105 Å². The van der Waals surface area contributed by atoms with Crippen LogP contribution in [-0.2, 0) is 14.3 Å². The van der Waals surface area contributed by atoms with Crippen LogP contribution < -0.4 is 10.6 Å². The van der Waals surface area contributed by atoms with E-state index in [2.05, 4.69) is 10.6 Å². The smallest absolute Gasteiger partial charge is 0.340 e. The summed E-state index contributed by atoms with van der Waals surface area (Å²) in [6.45, 7) is 1.35. The molecule has 2 rings (SSSR count). The van der Waals surface area contributed by atoms with Crippen molar-refractivity contribution in [1.82, 2.24) is 10.6 Å². The summed E-state index contributed by atoms with van der Waals surface area (Å²) in [5.41, 5.74) is 0.371. The van der Waals surface area contributed by atoms with Gasteiger partial charge in [-0.2, -0.15) is 0 Å². The Kier molecular flexibility index (Phi) is 6.94. The van der Waals surface area contributed by atoms with Gasteiger partial charge in [-0.05, 0) is 25.3 Å². The first-order valence-corrected chi connectivity index (χ1v) is 8.52. The maximum atomic E-state index is 12.0. The van der Waals surface area contributed by atoms with E-state index in [1.165, 1.54) is 6.92 Å². The molecule has 7 heteroatoms. The molecule has 0 saturated heterocycles. The highest BCUT2D eigenvalue weighted by Gasteiger charge is 2.26. The Bertz CT molecular complexity index is 599. The van der Waals surface area contributed by atoms with Crippen LogP contribution in [0.15, 0.2) is 30.3 Å². The van der Waals surface area contributed by atoms with Gasteiger partial charge in [-0.25, -0.2) is 9.59 Å². The number of nitrogens with one attached hydrogen (secondary N) is 2. The third kappa shape index (κ3) is 5.86. The molecule has 0 aliphatic heterocycles. The summed E-state index contributed by atoms with van der Waals surface area (Å²) in [6.07, 6.45) is 2.41. The second kappa shape index (κ2) is 9.17. The number of urea groups is 1. The van der Waals surface area contributed by atoms with Crippen LogP contribution in [-0.4, -0.2) is 35.2 Å².